The van der Waals surface area contributed by atoms with E-state index >= 15 is 0 Å². The molecular formula is C45H64N8O5. The van der Waals surface area contributed by atoms with E-state index in [-0.39, 0.29) is 52.6 Å². The van der Waals surface area contributed by atoms with Crippen LogP contribution in [0, 0.1) is 11.8 Å². The van der Waals surface area contributed by atoms with Crippen LogP contribution in [0.25, 0.3) is 11.3 Å². The van der Waals surface area contributed by atoms with Gasteiger partial charge in [-0.1, -0.05) is 52.0 Å². The van der Waals surface area contributed by atoms with Gasteiger partial charge in [0.15, 0.2) is 0 Å². The molecule has 2 aromatic heterocycles. The molecule has 6 fully saturated rings. The van der Waals surface area contributed by atoms with Gasteiger partial charge in [-0.15, -0.1) is 0 Å². The first-order valence-electron chi connectivity index (χ1n) is 22.0. The Kier molecular flexibility index (Phi) is 11.7. The zero-order valence-electron chi connectivity index (χ0n) is 35.1. The highest BCUT2D eigenvalue weighted by Crippen LogP contribution is 2.58. The molecule has 4 atom stereocenters. The van der Waals surface area contributed by atoms with Crippen molar-refractivity contribution in [3.8, 4) is 11.3 Å². The van der Waals surface area contributed by atoms with Gasteiger partial charge in [-0.2, -0.15) is 0 Å². The molecule has 4 unspecified atom stereocenters. The summed E-state index contributed by atoms with van der Waals surface area (Å²) in [6, 6.07) is 8.34. The summed E-state index contributed by atoms with van der Waals surface area (Å²) in [5.74, 6) is 1.95. The van der Waals surface area contributed by atoms with Crippen LogP contribution in [0.1, 0.15) is 140 Å². The number of fused-ring (bicyclic) bond motifs is 3. The fourth-order valence-corrected chi connectivity index (χ4v) is 10.8. The number of hydrogen-bond acceptors (Lipinski definition) is 8. The lowest BCUT2D eigenvalue weighted by molar-refractivity contribution is -0.136. The van der Waals surface area contributed by atoms with E-state index in [0.717, 1.165) is 120 Å². The Morgan fingerprint density at radius 3 is 1.90 bits per heavy atom. The van der Waals surface area contributed by atoms with Crippen LogP contribution < -0.4 is 10.6 Å². The first-order chi connectivity index (χ1) is 28.0. The zero-order chi connectivity index (χ0) is 40.6. The minimum atomic E-state index is -0.663. The van der Waals surface area contributed by atoms with Crippen LogP contribution in [0.2, 0.25) is 0 Å². The second kappa shape index (κ2) is 16.8. The van der Waals surface area contributed by atoms with Gasteiger partial charge in [0, 0.05) is 49.7 Å². The second-order valence-corrected chi connectivity index (χ2v) is 18.5. The van der Waals surface area contributed by atoms with Crippen molar-refractivity contribution in [1.29, 1.82) is 0 Å². The summed E-state index contributed by atoms with van der Waals surface area (Å²) in [6.45, 7) is 11.1. The van der Waals surface area contributed by atoms with Crippen LogP contribution in [0.4, 0.5) is 4.79 Å². The zero-order valence-corrected chi connectivity index (χ0v) is 35.1. The minimum absolute atomic E-state index is 0.00159. The van der Waals surface area contributed by atoms with Crippen LogP contribution in [0.3, 0.4) is 0 Å². The van der Waals surface area contributed by atoms with Crippen molar-refractivity contribution in [3.05, 3.63) is 59.6 Å². The van der Waals surface area contributed by atoms with Gasteiger partial charge in [-0.05, 0) is 105 Å². The first-order valence-corrected chi connectivity index (χ1v) is 22.0. The Bertz CT molecular complexity index is 1890. The van der Waals surface area contributed by atoms with E-state index in [9.17, 15) is 14.4 Å². The fourth-order valence-electron chi connectivity index (χ4n) is 10.8. The number of hydrogen-bond donors (Lipinski definition) is 4. The lowest BCUT2D eigenvalue weighted by atomic mass is 9.51. The molecule has 9 rings (SSSR count). The van der Waals surface area contributed by atoms with E-state index in [1.807, 2.05) is 24.9 Å². The standard InChI is InChI=1S/C45H64N8O5/c1-28(2)37(48-32-14-24-58-25-15-32)41(54)53-23-7-9-35(53)40-47-27-36(50-40)45-19-16-44(17-20-45,18-21-45)31-12-10-30(11-13-31)33-26-46-39(49-33)34-8-6-22-52(34)42(55)38(29(3)4)51-43(56)57-5/h10-13,26-29,32,34-35,37-38,48H,6-9,14-25H2,1-5H3,(H,46,49)(H,47,50)(H,51,56). The molecule has 13 heteroatoms. The monoisotopic (exact) mass is 796 g/mol. The molecule has 3 amide bonds. The van der Waals surface area contributed by atoms with Crippen LogP contribution in [-0.2, 0) is 29.9 Å². The van der Waals surface area contributed by atoms with E-state index < -0.39 is 12.1 Å². The SMILES string of the molecule is COC(=O)NC(C(=O)N1CCCC1c1ncc(-c2ccc(C34CCC(c5cnc(C6CCCN6C(=O)C(NC6CCOCC6)C(C)C)[nH]5)(CC3)CC4)cc2)[nH]1)C(C)C. The summed E-state index contributed by atoms with van der Waals surface area (Å²) in [5, 5.41) is 6.43. The Balaban J connectivity index is 0.901. The Labute approximate surface area is 343 Å². The third-order valence-corrected chi connectivity index (χ3v) is 14.5. The molecule has 3 saturated heterocycles. The molecule has 13 nitrogen and oxygen atoms in total. The molecule has 58 heavy (non-hydrogen) atoms. The van der Waals surface area contributed by atoms with Gasteiger partial charge in [0.1, 0.15) is 17.7 Å². The Hall–Kier alpha value is -4.23. The number of aromatic amines is 2. The van der Waals surface area contributed by atoms with Crippen molar-refractivity contribution >= 4 is 17.9 Å². The summed E-state index contributed by atoms with van der Waals surface area (Å²) in [7, 11) is 1.31. The number of amides is 3. The number of likely N-dealkylation sites (tertiary alicyclic amines) is 2. The molecule has 5 heterocycles. The number of H-pyrrole nitrogens is 2. The summed E-state index contributed by atoms with van der Waals surface area (Å²) >= 11 is 0. The number of carbonyl (C=O) groups is 3. The maximum absolute atomic E-state index is 14.1. The molecule has 3 saturated carbocycles. The molecule has 1 aromatic carbocycles. The van der Waals surface area contributed by atoms with E-state index in [1.165, 1.54) is 18.4 Å². The molecule has 3 aliphatic heterocycles. The van der Waals surface area contributed by atoms with Gasteiger partial charge in [0.2, 0.25) is 11.8 Å². The highest BCUT2D eigenvalue weighted by atomic mass is 16.5. The fraction of sp³-hybridized carbons (Fsp3) is 0.667. The number of nitrogens with zero attached hydrogens (tertiary/aromatic N) is 4. The van der Waals surface area contributed by atoms with Gasteiger partial charge in [0.05, 0.1) is 37.1 Å². The van der Waals surface area contributed by atoms with E-state index in [2.05, 4.69) is 69.8 Å². The molecule has 0 radical (unpaired) electrons. The van der Waals surface area contributed by atoms with Gasteiger partial charge in [0.25, 0.3) is 0 Å². The summed E-state index contributed by atoms with van der Waals surface area (Å²) in [5.41, 5.74) is 4.96. The molecule has 3 aliphatic carbocycles. The third kappa shape index (κ3) is 7.80. The molecule has 4 N–H and O–H groups in total. The predicted octanol–water partition coefficient (Wildman–Crippen LogP) is 6.84. The Morgan fingerprint density at radius 2 is 1.31 bits per heavy atom. The van der Waals surface area contributed by atoms with Crippen LogP contribution in [0.5, 0.6) is 0 Å². The topological polar surface area (TPSA) is 158 Å². The normalized spacial score (nSPS) is 27.4. The summed E-state index contributed by atoms with van der Waals surface area (Å²) < 4.78 is 10.4. The number of ether oxygens (including phenoxy) is 2. The number of rotatable bonds is 12. The van der Waals surface area contributed by atoms with Crippen molar-refractivity contribution in [2.24, 2.45) is 11.8 Å². The Morgan fingerprint density at radius 1 is 0.759 bits per heavy atom. The summed E-state index contributed by atoms with van der Waals surface area (Å²) in [4.78, 5) is 60.7. The second-order valence-electron chi connectivity index (χ2n) is 18.5. The lowest BCUT2D eigenvalue weighted by Crippen LogP contribution is -2.53. The average molecular weight is 797 g/mol. The first kappa shape index (κ1) is 40.5. The van der Waals surface area contributed by atoms with Crippen molar-refractivity contribution in [3.63, 3.8) is 0 Å². The maximum atomic E-state index is 14.1. The average Bonchev–Trinajstić information content (AvgIpc) is 4.09. The molecule has 6 aliphatic rings. The van der Waals surface area contributed by atoms with Gasteiger partial charge >= 0.3 is 6.09 Å². The highest BCUT2D eigenvalue weighted by molar-refractivity contribution is 5.86. The van der Waals surface area contributed by atoms with E-state index in [0.29, 0.717) is 12.6 Å². The number of carbonyl (C=O) groups excluding carboxylic acids is 3. The number of aromatic nitrogens is 4. The number of methoxy groups -OCH3 is 1. The highest BCUT2D eigenvalue weighted by Gasteiger charge is 2.51. The molecule has 314 valence electrons. The van der Waals surface area contributed by atoms with E-state index in [4.69, 9.17) is 19.4 Å². The van der Waals surface area contributed by atoms with Gasteiger partial charge < -0.3 is 39.9 Å². The predicted molar refractivity (Wildman–Crippen MR) is 221 cm³/mol. The largest absolute Gasteiger partial charge is 0.453 e. The third-order valence-electron chi connectivity index (χ3n) is 14.5. The van der Waals surface area contributed by atoms with Crippen LogP contribution in [0.15, 0.2) is 36.7 Å². The molecule has 2 bridgehead atoms. The minimum Gasteiger partial charge on any atom is -0.453 e. The number of imidazole rings is 2. The smallest absolute Gasteiger partial charge is 0.407 e. The van der Waals surface area contributed by atoms with E-state index in [1.54, 1.807) is 0 Å². The molecular weight excluding hydrogens is 733 g/mol. The van der Waals surface area contributed by atoms with Crippen molar-refractivity contribution in [2.45, 2.75) is 146 Å². The lowest BCUT2D eigenvalue weighted by Gasteiger charge is -2.53. The quantitative estimate of drug-likeness (QED) is 0.155. The number of alkyl carbamates (subject to hydrolysis) is 1. The summed E-state index contributed by atoms with van der Waals surface area (Å²) in [6.07, 6.45) is 15.7. The van der Waals surface area contributed by atoms with Crippen molar-refractivity contribution < 1.29 is 23.9 Å². The van der Waals surface area contributed by atoms with Crippen molar-refractivity contribution in [1.82, 2.24) is 40.4 Å². The van der Waals surface area contributed by atoms with Gasteiger partial charge in [-0.25, -0.2) is 14.8 Å². The molecule has 0 spiro atoms. The number of benzene rings is 1. The van der Waals surface area contributed by atoms with Crippen LogP contribution >= 0.6 is 0 Å². The van der Waals surface area contributed by atoms with Crippen molar-refractivity contribution in [2.75, 3.05) is 33.4 Å². The number of nitrogens with one attached hydrogen (secondary N) is 4. The van der Waals surface area contributed by atoms with Crippen LogP contribution in [-0.4, -0.2) is 99.2 Å². The maximum Gasteiger partial charge on any atom is 0.407 e. The van der Waals surface area contributed by atoms with Gasteiger partial charge in [-0.3, -0.25) is 9.59 Å². The molecule has 3 aromatic rings.